The maximum atomic E-state index is 12.4. The molecule has 0 bridgehead atoms. The van der Waals surface area contributed by atoms with Crippen LogP contribution in [-0.2, 0) is 5.41 Å². The van der Waals surface area contributed by atoms with Crippen LogP contribution in [0.15, 0.2) is 36.4 Å². The number of anilines is 1. The Kier molecular flexibility index (Phi) is 4.59. The Morgan fingerprint density at radius 2 is 1.83 bits per heavy atom. The van der Waals surface area contributed by atoms with Crippen LogP contribution in [0.2, 0.25) is 0 Å². The molecule has 2 aromatic rings. The van der Waals surface area contributed by atoms with Gasteiger partial charge in [0.15, 0.2) is 0 Å². The summed E-state index contributed by atoms with van der Waals surface area (Å²) in [4.78, 5) is 22.9. The average Bonchev–Trinajstić information content (AvgIpc) is 2.48. The van der Waals surface area contributed by atoms with Crippen molar-refractivity contribution >= 4 is 17.3 Å². The molecule has 0 saturated carbocycles. The second-order valence-corrected chi connectivity index (χ2v) is 6.69. The van der Waals surface area contributed by atoms with Gasteiger partial charge in [-0.2, -0.15) is 0 Å². The second-order valence-electron chi connectivity index (χ2n) is 6.69. The standard InChI is InChI=1S/C18H20N2O4/c1-11-5-7-13(10-15(11)20(23)24)19-17(22)14-9-12(18(2,3)4)6-8-16(14)21/h5-10,21H,1-4H3,(H,19,22). The minimum absolute atomic E-state index is 0.0690. The van der Waals surface area contributed by atoms with Crippen molar-refractivity contribution in [2.24, 2.45) is 0 Å². The highest BCUT2D eigenvalue weighted by atomic mass is 16.6. The number of nitro benzene ring substituents is 1. The van der Waals surface area contributed by atoms with E-state index >= 15 is 0 Å². The van der Waals surface area contributed by atoms with E-state index in [0.717, 1.165) is 5.56 Å². The summed E-state index contributed by atoms with van der Waals surface area (Å²) in [5.41, 5.74) is 1.60. The van der Waals surface area contributed by atoms with E-state index in [4.69, 9.17) is 0 Å². The molecule has 1 amide bonds. The molecule has 6 heteroatoms. The Morgan fingerprint density at radius 1 is 1.17 bits per heavy atom. The topological polar surface area (TPSA) is 92.5 Å². The van der Waals surface area contributed by atoms with Gasteiger partial charge in [-0.1, -0.05) is 32.9 Å². The lowest BCUT2D eigenvalue weighted by atomic mass is 9.86. The molecule has 24 heavy (non-hydrogen) atoms. The van der Waals surface area contributed by atoms with Gasteiger partial charge in [-0.3, -0.25) is 14.9 Å². The third kappa shape index (κ3) is 3.71. The predicted molar refractivity (Wildman–Crippen MR) is 92.6 cm³/mol. The quantitative estimate of drug-likeness (QED) is 0.653. The average molecular weight is 328 g/mol. The summed E-state index contributed by atoms with van der Waals surface area (Å²) >= 11 is 0. The van der Waals surface area contributed by atoms with Gasteiger partial charge in [-0.15, -0.1) is 0 Å². The van der Waals surface area contributed by atoms with Crippen molar-refractivity contribution in [3.8, 4) is 5.75 Å². The molecule has 0 heterocycles. The van der Waals surface area contributed by atoms with E-state index in [-0.39, 0.29) is 22.4 Å². The lowest BCUT2D eigenvalue weighted by Crippen LogP contribution is -2.16. The van der Waals surface area contributed by atoms with Crippen LogP contribution in [0.1, 0.15) is 42.3 Å². The Bertz CT molecular complexity index is 807. The van der Waals surface area contributed by atoms with E-state index in [9.17, 15) is 20.0 Å². The first kappa shape index (κ1) is 17.5. The normalized spacial score (nSPS) is 11.2. The van der Waals surface area contributed by atoms with E-state index in [1.165, 1.54) is 12.1 Å². The zero-order valence-electron chi connectivity index (χ0n) is 14.1. The van der Waals surface area contributed by atoms with Crippen molar-refractivity contribution in [3.63, 3.8) is 0 Å². The number of nitrogens with zero attached hydrogens (tertiary/aromatic N) is 1. The van der Waals surface area contributed by atoms with Crippen LogP contribution in [0.5, 0.6) is 5.75 Å². The number of benzene rings is 2. The Hall–Kier alpha value is -2.89. The molecule has 0 aliphatic carbocycles. The van der Waals surface area contributed by atoms with E-state index in [0.29, 0.717) is 11.3 Å². The SMILES string of the molecule is Cc1ccc(NC(=O)c2cc(C(C)(C)C)ccc2O)cc1[N+](=O)[O-]. The number of carbonyl (C=O) groups is 1. The number of aryl methyl sites for hydroxylation is 1. The molecular formula is C18H20N2O4. The van der Waals surface area contributed by atoms with Crippen LogP contribution in [0, 0.1) is 17.0 Å². The van der Waals surface area contributed by atoms with Gasteiger partial charge in [0.25, 0.3) is 11.6 Å². The summed E-state index contributed by atoms with van der Waals surface area (Å²) in [6.07, 6.45) is 0. The number of phenolic OH excluding ortho intramolecular Hbond substituents is 1. The van der Waals surface area contributed by atoms with Gasteiger partial charge in [0.2, 0.25) is 0 Å². The predicted octanol–water partition coefficient (Wildman–Crippen LogP) is 4.16. The van der Waals surface area contributed by atoms with Crippen LogP contribution in [-0.4, -0.2) is 15.9 Å². The molecule has 0 fully saturated rings. The van der Waals surface area contributed by atoms with Gasteiger partial charge in [-0.05, 0) is 36.1 Å². The van der Waals surface area contributed by atoms with Crippen molar-refractivity contribution in [1.29, 1.82) is 0 Å². The van der Waals surface area contributed by atoms with Gasteiger partial charge < -0.3 is 10.4 Å². The fraction of sp³-hybridized carbons (Fsp3) is 0.278. The largest absolute Gasteiger partial charge is 0.507 e. The number of phenols is 1. The molecule has 126 valence electrons. The van der Waals surface area contributed by atoms with Gasteiger partial charge in [0, 0.05) is 17.3 Å². The molecule has 0 atom stereocenters. The van der Waals surface area contributed by atoms with Crippen LogP contribution < -0.4 is 5.32 Å². The number of amides is 1. The van der Waals surface area contributed by atoms with Gasteiger partial charge in [0.05, 0.1) is 10.5 Å². The molecule has 2 aromatic carbocycles. The van der Waals surface area contributed by atoms with E-state index in [1.54, 1.807) is 31.2 Å². The molecule has 6 nitrogen and oxygen atoms in total. The van der Waals surface area contributed by atoms with E-state index in [2.05, 4.69) is 5.32 Å². The van der Waals surface area contributed by atoms with Crippen molar-refractivity contribution in [2.75, 3.05) is 5.32 Å². The molecule has 0 radical (unpaired) electrons. The van der Waals surface area contributed by atoms with Gasteiger partial charge in [-0.25, -0.2) is 0 Å². The highest BCUT2D eigenvalue weighted by molar-refractivity contribution is 6.06. The van der Waals surface area contributed by atoms with Crippen LogP contribution >= 0.6 is 0 Å². The first-order chi connectivity index (χ1) is 11.1. The molecule has 0 aliphatic rings. The monoisotopic (exact) mass is 328 g/mol. The number of carbonyl (C=O) groups excluding carboxylic acids is 1. The molecule has 0 spiro atoms. The summed E-state index contributed by atoms with van der Waals surface area (Å²) < 4.78 is 0. The third-order valence-corrected chi connectivity index (χ3v) is 3.77. The van der Waals surface area contributed by atoms with Crippen LogP contribution in [0.3, 0.4) is 0 Å². The number of rotatable bonds is 3. The van der Waals surface area contributed by atoms with Crippen molar-refractivity contribution in [3.05, 3.63) is 63.2 Å². The Morgan fingerprint density at radius 3 is 2.42 bits per heavy atom. The summed E-state index contributed by atoms with van der Waals surface area (Å²) in [5, 5.41) is 23.6. The minimum atomic E-state index is -0.517. The maximum Gasteiger partial charge on any atom is 0.274 e. The second kappa shape index (κ2) is 6.31. The minimum Gasteiger partial charge on any atom is -0.507 e. The number of aromatic hydroxyl groups is 1. The molecule has 2 rings (SSSR count). The maximum absolute atomic E-state index is 12.4. The fourth-order valence-corrected chi connectivity index (χ4v) is 2.27. The molecular weight excluding hydrogens is 308 g/mol. The lowest BCUT2D eigenvalue weighted by molar-refractivity contribution is -0.385. The number of hydrogen-bond acceptors (Lipinski definition) is 4. The zero-order valence-corrected chi connectivity index (χ0v) is 14.1. The van der Waals surface area contributed by atoms with Crippen molar-refractivity contribution in [2.45, 2.75) is 33.1 Å². The van der Waals surface area contributed by atoms with Gasteiger partial charge >= 0.3 is 0 Å². The van der Waals surface area contributed by atoms with Crippen LogP contribution in [0.25, 0.3) is 0 Å². The van der Waals surface area contributed by atoms with Gasteiger partial charge in [0.1, 0.15) is 5.75 Å². The smallest absolute Gasteiger partial charge is 0.274 e. The van der Waals surface area contributed by atoms with Crippen molar-refractivity contribution in [1.82, 2.24) is 0 Å². The number of hydrogen-bond donors (Lipinski definition) is 2. The third-order valence-electron chi connectivity index (χ3n) is 3.77. The molecule has 0 unspecified atom stereocenters. The number of nitrogens with one attached hydrogen (secondary N) is 1. The highest BCUT2D eigenvalue weighted by Crippen LogP contribution is 2.28. The summed E-state index contributed by atoms with van der Waals surface area (Å²) in [5.74, 6) is -0.654. The molecule has 0 aliphatic heterocycles. The lowest BCUT2D eigenvalue weighted by Gasteiger charge is -2.20. The Labute approximate surface area is 140 Å². The molecule has 0 saturated heterocycles. The highest BCUT2D eigenvalue weighted by Gasteiger charge is 2.19. The number of nitro groups is 1. The van der Waals surface area contributed by atoms with Crippen molar-refractivity contribution < 1.29 is 14.8 Å². The summed E-state index contributed by atoms with van der Waals surface area (Å²) in [6.45, 7) is 7.64. The summed E-state index contributed by atoms with van der Waals surface area (Å²) in [7, 11) is 0. The fourth-order valence-electron chi connectivity index (χ4n) is 2.27. The van der Waals surface area contributed by atoms with E-state index in [1.807, 2.05) is 20.8 Å². The Balaban J connectivity index is 2.34. The van der Waals surface area contributed by atoms with E-state index < -0.39 is 10.8 Å². The zero-order chi connectivity index (χ0) is 18.1. The summed E-state index contributed by atoms with van der Waals surface area (Å²) in [6, 6.07) is 9.34. The molecule has 0 aromatic heterocycles. The first-order valence-corrected chi connectivity index (χ1v) is 7.49. The van der Waals surface area contributed by atoms with Crippen LogP contribution in [0.4, 0.5) is 11.4 Å². The first-order valence-electron chi connectivity index (χ1n) is 7.49. The molecule has 2 N–H and O–H groups in total.